The monoisotopic (exact) mass is 350 g/mol. The molecule has 0 amide bonds. The third kappa shape index (κ3) is 2.71. The topological polar surface area (TPSA) is 0 Å². The molecule has 0 aliphatic heterocycles. The van der Waals surface area contributed by atoms with Gasteiger partial charge in [-0.1, -0.05) is 0 Å². The van der Waals surface area contributed by atoms with E-state index < -0.39 is 5.31 Å². The summed E-state index contributed by atoms with van der Waals surface area (Å²) in [6, 6.07) is 22.2. The third-order valence-electron chi connectivity index (χ3n) is 4.08. The summed E-state index contributed by atoms with van der Waals surface area (Å²) in [5.74, 6) is 0. The van der Waals surface area contributed by atoms with Crippen LogP contribution in [0.1, 0.15) is 26.7 Å². The Labute approximate surface area is 131 Å². The van der Waals surface area contributed by atoms with Crippen molar-refractivity contribution < 1.29 is 0 Å². The molecule has 2 aromatic rings. The summed E-state index contributed by atoms with van der Waals surface area (Å²) in [4.78, 5) is 0. The van der Waals surface area contributed by atoms with E-state index in [4.69, 9.17) is 0 Å². The quantitative estimate of drug-likeness (QED) is 0.618. The van der Waals surface area contributed by atoms with Gasteiger partial charge in [0.25, 0.3) is 0 Å². The van der Waals surface area contributed by atoms with Crippen LogP contribution >= 0.6 is 20.8 Å². The zero-order chi connectivity index (χ0) is 14.5. The van der Waals surface area contributed by atoms with Crippen molar-refractivity contribution in [3.63, 3.8) is 0 Å². The fourth-order valence-corrected chi connectivity index (χ4v) is 11.9. The standard InChI is InChI=1S/C18H24BrP/c1-3-15-20(19,16-4-2,17-11-7-5-8-12-17)18-13-9-6-10-14-18/h5-14H,3-4,15-16H2,1-2H3. The van der Waals surface area contributed by atoms with Crippen LogP contribution < -0.4 is 10.6 Å². The van der Waals surface area contributed by atoms with Gasteiger partial charge in [0, 0.05) is 0 Å². The summed E-state index contributed by atoms with van der Waals surface area (Å²) >= 11 is 4.36. The SMILES string of the molecule is CCCP(Br)(CCC)(c1ccccc1)c1ccccc1. The number of hydrogen-bond donors (Lipinski definition) is 0. The molecule has 0 nitrogen and oxygen atoms in total. The molecule has 2 heteroatoms. The number of halogens is 1. The average Bonchev–Trinajstić information content (AvgIpc) is 2.50. The Morgan fingerprint density at radius 1 is 0.700 bits per heavy atom. The molecule has 0 spiro atoms. The molecule has 0 aliphatic rings. The van der Waals surface area contributed by atoms with E-state index in [-0.39, 0.29) is 0 Å². The normalized spacial score (nSPS) is 13.7. The van der Waals surface area contributed by atoms with Gasteiger partial charge in [-0.2, -0.15) is 0 Å². The van der Waals surface area contributed by atoms with E-state index in [2.05, 4.69) is 90.0 Å². The fraction of sp³-hybridized carbons (Fsp3) is 0.333. The Hall–Kier alpha value is -0.650. The first-order chi connectivity index (χ1) is 9.64. The van der Waals surface area contributed by atoms with Gasteiger partial charge >= 0.3 is 131 Å². The first kappa shape index (κ1) is 15.7. The molecule has 0 radical (unpaired) electrons. The first-order valence-corrected chi connectivity index (χ1v) is 12.1. The van der Waals surface area contributed by atoms with Crippen LogP contribution in [-0.2, 0) is 0 Å². The summed E-state index contributed by atoms with van der Waals surface area (Å²) in [5, 5.41) is 0.758. The molecule has 2 rings (SSSR count). The van der Waals surface area contributed by atoms with E-state index in [1.807, 2.05) is 0 Å². The van der Waals surface area contributed by atoms with Crippen LogP contribution in [-0.4, -0.2) is 12.3 Å². The molecule has 0 saturated heterocycles. The molecule has 0 fully saturated rings. The van der Waals surface area contributed by atoms with Crippen molar-refractivity contribution in [1.29, 1.82) is 0 Å². The molecule has 2 aromatic carbocycles. The number of benzene rings is 2. The van der Waals surface area contributed by atoms with Crippen LogP contribution in [0.5, 0.6) is 0 Å². The van der Waals surface area contributed by atoms with Crippen molar-refractivity contribution >= 4 is 31.4 Å². The predicted octanol–water partition coefficient (Wildman–Crippen LogP) is 5.32. The Kier molecular flexibility index (Phi) is 5.04. The average molecular weight is 351 g/mol. The summed E-state index contributed by atoms with van der Waals surface area (Å²) < 4.78 is 0. The van der Waals surface area contributed by atoms with E-state index in [9.17, 15) is 0 Å². The Morgan fingerprint density at radius 2 is 1.05 bits per heavy atom. The minimum absolute atomic E-state index is 1.20. The summed E-state index contributed by atoms with van der Waals surface area (Å²) in [7, 11) is 0. The first-order valence-electron chi connectivity index (χ1n) is 7.48. The molecule has 108 valence electrons. The van der Waals surface area contributed by atoms with Gasteiger partial charge in [-0.05, 0) is 0 Å². The van der Waals surface area contributed by atoms with Crippen LogP contribution in [0.4, 0.5) is 0 Å². The zero-order valence-corrected chi connectivity index (χ0v) is 14.9. The van der Waals surface area contributed by atoms with E-state index in [1.165, 1.54) is 35.8 Å². The summed E-state index contributed by atoms with van der Waals surface area (Å²) in [6.07, 6.45) is 4.86. The van der Waals surface area contributed by atoms with Gasteiger partial charge in [-0.3, -0.25) is 0 Å². The van der Waals surface area contributed by atoms with Crippen molar-refractivity contribution in [2.75, 3.05) is 12.3 Å². The van der Waals surface area contributed by atoms with E-state index in [1.54, 1.807) is 0 Å². The van der Waals surface area contributed by atoms with Crippen LogP contribution in [0.15, 0.2) is 60.7 Å². The van der Waals surface area contributed by atoms with Crippen LogP contribution in [0.25, 0.3) is 0 Å². The van der Waals surface area contributed by atoms with Crippen LogP contribution in [0, 0.1) is 0 Å². The van der Waals surface area contributed by atoms with Crippen molar-refractivity contribution in [2.24, 2.45) is 0 Å². The van der Waals surface area contributed by atoms with Gasteiger partial charge in [0.2, 0.25) is 0 Å². The molecule has 0 bridgehead atoms. The fourth-order valence-electron chi connectivity index (χ4n) is 3.25. The van der Waals surface area contributed by atoms with Crippen molar-refractivity contribution in [1.82, 2.24) is 0 Å². The molecule has 0 aliphatic carbocycles. The van der Waals surface area contributed by atoms with Crippen molar-refractivity contribution in [3.05, 3.63) is 60.7 Å². The van der Waals surface area contributed by atoms with Crippen LogP contribution in [0.2, 0.25) is 0 Å². The van der Waals surface area contributed by atoms with Crippen molar-refractivity contribution in [3.8, 4) is 0 Å². The zero-order valence-electron chi connectivity index (χ0n) is 12.4. The Morgan fingerprint density at radius 3 is 1.35 bits per heavy atom. The van der Waals surface area contributed by atoms with Gasteiger partial charge < -0.3 is 0 Å². The van der Waals surface area contributed by atoms with Gasteiger partial charge in [0.1, 0.15) is 0 Å². The number of hydrogen-bond acceptors (Lipinski definition) is 0. The van der Waals surface area contributed by atoms with E-state index in [0.29, 0.717) is 0 Å². The summed E-state index contributed by atoms with van der Waals surface area (Å²) in [5.41, 5.74) is 0. The second-order valence-electron chi connectivity index (χ2n) is 5.49. The van der Waals surface area contributed by atoms with Crippen molar-refractivity contribution in [2.45, 2.75) is 26.7 Å². The molecule has 0 heterocycles. The predicted molar refractivity (Wildman–Crippen MR) is 98.3 cm³/mol. The molecular formula is C18H24BrP. The summed E-state index contributed by atoms with van der Waals surface area (Å²) in [6.45, 7) is 4.59. The molecule has 0 saturated carbocycles. The van der Waals surface area contributed by atoms with E-state index >= 15 is 0 Å². The molecule has 0 unspecified atom stereocenters. The molecular weight excluding hydrogens is 327 g/mol. The maximum atomic E-state index is 4.36. The van der Waals surface area contributed by atoms with E-state index in [0.717, 1.165) is 0 Å². The minimum atomic E-state index is -2.23. The Bertz CT molecular complexity index is 486. The molecule has 20 heavy (non-hydrogen) atoms. The van der Waals surface area contributed by atoms with Crippen LogP contribution in [0.3, 0.4) is 0 Å². The van der Waals surface area contributed by atoms with Gasteiger partial charge in [-0.25, -0.2) is 0 Å². The molecule has 0 atom stereocenters. The second-order valence-corrected chi connectivity index (χ2v) is 15.3. The van der Waals surface area contributed by atoms with Gasteiger partial charge in [0.05, 0.1) is 0 Å². The second kappa shape index (κ2) is 6.41. The number of rotatable bonds is 6. The maximum absolute atomic E-state index is 4.36. The molecule has 0 aromatic heterocycles. The third-order valence-corrected chi connectivity index (χ3v) is 14.4. The Balaban J connectivity index is 2.70. The van der Waals surface area contributed by atoms with Gasteiger partial charge in [0.15, 0.2) is 0 Å². The van der Waals surface area contributed by atoms with Gasteiger partial charge in [-0.15, -0.1) is 0 Å². The molecule has 0 N–H and O–H groups in total.